The summed E-state index contributed by atoms with van der Waals surface area (Å²) in [5.41, 5.74) is 0.874. The molecule has 5 nitrogen and oxygen atoms in total. The van der Waals surface area contributed by atoms with E-state index in [1.807, 2.05) is 0 Å². The molecule has 6 heteroatoms. The Balaban J connectivity index is 2.67. The van der Waals surface area contributed by atoms with Gasteiger partial charge in [-0.2, -0.15) is 0 Å². The highest BCUT2D eigenvalue weighted by Crippen LogP contribution is 2.16. The van der Waals surface area contributed by atoms with Gasteiger partial charge >= 0.3 is 5.97 Å². The van der Waals surface area contributed by atoms with Crippen molar-refractivity contribution in [3.63, 3.8) is 0 Å². The van der Waals surface area contributed by atoms with Gasteiger partial charge in [0.1, 0.15) is 11.4 Å². The molecule has 1 rings (SSSR count). The van der Waals surface area contributed by atoms with Crippen molar-refractivity contribution >= 4 is 22.6 Å². The zero-order valence-corrected chi connectivity index (χ0v) is 10.7. The van der Waals surface area contributed by atoms with Gasteiger partial charge in [0.25, 0.3) is 0 Å². The van der Waals surface area contributed by atoms with Crippen LogP contribution in [0.2, 0.25) is 0 Å². The number of hydrogen-bond acceptors (Lipinski definition) is 4. The SMILES string of the molecule is Cc1ccnc(NCCCS(C)=O)c1C(=O)O. The lowest BCUT2D eigenvalue weighted by atomic mass is 10.1. The van der Waals surface area contributed by atoms with Crippen molar-refractivity contribution in [2.24, 2.45) is 0 Å². The fourth-order valence-corrected chi connectivity index (χ4v) is 2.00. The van der Waals surface area contributed by atoms with E-state index in [-0.39, 0.29) is 5.56 Å². The minimum atomic E-state index is -0.989. The maximum atomic E-state index is 11.1. The third kappa shape index (κ3) is 4.14. The average Bonchev–Trinajstić information content (AvgIpc) is 2.23. The molecule has 0 saturated heterocycles. The first-order valence-corrected chi connectivity index (χ1v) is 6.98. The van der Waals surface area contributed by atoms with Gasteiger partial charge in [-0.1, -0.05) is 0 Å². The number of pyridine rings is 1. The molecule has 0 fully saturated rings. The number of carbonyl (C=O) groups is 1. The fourth-order valence-electron chi connectivity index (χ4n) is 1.44. The minimum Gasteiger partial charge on any atom is -0.478 e. The van der Waals surface area contributed by atoms with Gasteiger partial charge in [0.15, 0.2) is 0 Å². The highest BCUT2D eigenvalue weighted by atomic mass is 32.2. The van der Waals surface area contributed by atoms with Crippen LogP contribution in [0.4, 0.5) is 5.82 Å². The summed E-state index contributed by atoms with van der Waals surface area (Å²) in [4.78, 5) is 15.1. The van der Waals surface area contributed by atoms with E-state index in [9.17, 15) is 9.00 Å². The van der Waals surface area contributed by atoms with E-state index < -0.39 is 16.8 Å². The van der Waals surface area contributed by atoms with Crippen molar-refractivity contribution in [3.05, 3.63) is 23.4 Å². The molecule has 94 valence electrons. The van der Waals surface area contributed by atoms with Crippen molar-refractivity contribution in [2.45, 2.75) is 13.3 Å². The molecule has 0 amide bonds. The molecule has 0 saturated carbocycles. The van der Waals surface area contributed by atoms with Crippen LogP contribution in [0.15, 0.2) is 12.3 Å². The quantitative estimate of drug-likeness (QED) is 0.749. The van der Waals surface area contributed by atoms with E-state index in [1.54, 1.807) is 25.4 Å². The number of aromatic carboxylic acids is 1. The molecule has 1 aromatic rings. The molecule has 1 aromatic heterocycles. The topological polar surface area (TPSA) is 79.3 Å². The molecule has 0 aliphatic carbocycles. The number of hydrogen-bond donors (Lipinski definition) is 2. The third-order valence-corrected chi connectivity index (χ3v) is 3.14. The van der Waals surface area contributed by atoms with Crippen LogP contribution in [0.25, 0.3) is 0 Å². The molecule has 1 atom stereocenters. The van der Waals surface area contributed by atoms with Crippen LogP contribution >= 0.6 is 0 Å². The number of rotatable bonds is 6. The normalized spacial score (nSPS) is 12.1. The maximum absolute atomic E-state index is 11.1. The predicted octanol–water partition coefficient (Wildman–Crippen LogP) is 1.27. The summed E-state index contributed by atoms with van der Waals surface area (Å²) in [5, 5.41) is 12.0. The number of nitrogens with zero attached hydrogens (tertiary/aromatic N) is 1. The number of nitrogens with one attached hydrogen (secondary N) is 1. The minimum absolute atomic E-state index is 0.199. The molecule has 1 heterocycles. The van der Waals surface area contributed by atoms with Crippen molar-refractivity contribution in [1.29, 1.82) is 0 Å². The zero-order valence-electron chi connectivity index (χ0n) is 9.90. The first-order valence-electron chi connectivity index (χ1n) is 5.25. The molecule has 0 aromatic carbocycles. The van der Waals surface area contributed by atoms with Crippen LogP contribution < -0.4 is 5.32 Å². The van der Waals surface area contributed by atoms with E-state index in [0.717, 1.165) is 6.42 Å². The molecule has 0 aliphatic heterocycles. The number of aryl methyl sites for hydroxylation is 1. The smallest absolute Gasteiger partial charge is 0.339 e. The summed E-state index contributed by atoms with van der Waals surface area (Å²) < 4.78 is 10.9. The average molecular weight is 256 g/mol. The van der Waals surface area contributed by atoms with Gasteiger partial charge in [0, 0.05) is 35.5 Å². The number of carboxylic acid groups (broad SMARTS) is 1. The van der Waals surface area contributed by atoms with Gasteiger partial charge in [-0.15, -0.1) is 0 Å². The van der Waals surface area contributed by atoms with Crippen molar-refractivity contribution < 1.29 is 14.1 Å². The van der Waals surface area contributed by atoms with Crippen molar-refractivity contribution in [1.82, 2.24) is 4.98 Å². The van der Waals surface area contributed by atoms with Gasteiger partial charge in [-0.3, -0.25) is 4.21 Å². The number of carboxylic acids is 1. The lowest BCUT2D eigenvalue weighted by Crippen LogP contribution is -2.12. The molecule has 2 N–H and O–H groups in total. The first kappa shape index (κ1) is 13.6. The second kappa shape index (κ2) is 6.34. The Morgan fingerprint density at radius 2 is 2.29 bits per heavy atom. The molecular formula is C11H16N2O3S. The van der Waals surface area contributed by atoms with E-state index >= 15 is 0 Å². The van der Waals surface area contributed by atoms with Crippen molar-refractivity contribution in [2.75, 3.05) is 23.9 Å². The molecule has 0 aliphatic rings. The Labute approximate surface area is 103 Å². The van der Waals surface area contributed by atoms with Crippen LogP contribution in [0.1, 0.15) is 22.3 Å². The standard InChI is InChI=1S/C11H16N2O3S/c1-8-4-6-13-10(9(8)11(14)15)12-5-3-7-17(2)16/h4,6H,3,5,7H2,1-2H3,(H,12,13)(H,14,15). The summed E-state index contributed by atoms with van der Waals surface area (Å²) in [6.45, 7) is 2.30. The Bertz CT molecular complexity index is 435. The second-order valence-electron chi connectivity index (χ2n) is 3.71. The maximum Gasteiger partial charge on any atom is 0.339 e. The van der Waals surface area contributed by atoms with E-state index in [2.05, 4.69) is 10.3 Å². The first-order chi connectivity index (χ1) is 8.02. The van der Waals surface area contributed by atoms with E-state index in [1.165, 1.54) is 0 Å². The van der Waals surface area contributed by atoms with Crippen LogP contribution in [0.5, 0.6) is 0 Å². The predicted molar refractivity (Wildman–Crippen MR) is 68.0 cm³/mol. The van der Waals surface area contributed by atoms with Gasteiger partial charge < -0.3 is 10.4 Å². The summed E-state index contributed by atoms with van der Waals surface area (Å²) >= 11 is 0. The molecule has 0 bridgehead atoms. The van der Waals surface area contributed by atoms with Gasteiger partial charge in [-0.05, 0) is 25.0 Å². The third-order valence-electron chi connectivity index (χ3n) is 2.27. The van der Waals surface area contributed by atoms with E-state index in [4.69, 9.17) is 5.11 Å². The van der Waals surface area contributed by atoms with Gasteiger partial charge in [0.2, 0.25) is 0 Å². The van der Waals surface area contributed by atoms with Gasteiger partial charge in [-0.25, -0.2) is 9.78 Å². The summed E-state index contributed by atoms with van der Waals surface area (Å²) in [7, 11) is -0.819. The Morgan fingerprint density at radius 3 is 2.88 bits per heavy atom. The number of anilines is 1. The molecule has 0 radical (unpaired) electrons. The monoisotopic (exact) mass is 256 g/mol. The van der Waals surface area contributed by atoms with Crippen molar-refractivity contribution in [3.8, 4) is 0 Å². The second-order valence-corrected chi connectivity index (χ2v) is 5.27. The Kier molecular flexibility index (Phi) is 5.09. The molecule has 1 unspecified atom stereocenters. The largest absolute Gasteiger partial charge is 0.478 e. The molecular weight excluding hydrogens is 240 g/mol. The van der Waals surface area contributed by atoms with Crippen LogP contribution in [0.3, 0.4) is 0 Å². The highest BCUT2D eigenvalue weighted by molar-refractivity contribution is 7.84. The molecule has 0 spiro atoms. The fraction of sp³-hybridized carbons (Fsp3) is 0.455. The van der Waals surface area contributed by atoms with Crippen LogP contribution in [0, 0.1) is 6.92 Å². The zero-order chi connectivity index (χ0) is 12.8. The van der Waals surface area contributed by atoms with Gasteiger partial charge in [0.05, 0.1) is 0 Å². The number of aromatic nitrogens is 1. The lowest BCUT2D eigenvalue weighted by molar-refractivity contribution is 0.0697. The molecule has 17 heavy (non-hydrogen) atoms. The summed E-state index contributed by atoms with van der Waals surface area (Å²) in [6.07, 6.45) is 3.94. The highest BCUT2D eigenvalue weighted by Gasteiger charge is 2.13. The Morgan fingerprint density at radius 1 is 1.59 bits per heavy atom. The lowest BCUT2D eigenvalue weighted by Gasteiger charge is -2.09. The van der Waals surface area contributed by atoms with E-state index in [0.29, 0.717) is 23.7 Å². The Hall–Kier alpha value is -1.43. The summed E-state index contributed by atoms with van der Waals surface area (Å²) in [6, 6.07) is 1.66. The summed E-state index contributed by atoms with van der Waals surface area (Å²) in [5.74, 6) is -0.0159. The van der Waals surface area contributed by atoms with Crippen LogP contribution in [-0.4, -0.2) is 38.8 Å². The van der Waals surface area contributed by atoms with Crippen LogP contribution in [-0.2, 0) is 10.8 Å².